The lowest BCUT2D eigenvalue weighted by molar-refractivity contribution is 0.0184. The van der Waals surface area contributed by atoms with Crippen LogP contribution in [-0.2, 0) is 0 Å². The van der Waals surface area contributed by atoms with Gasteiger partial charge in [-0.1, -0.05) is 35.3 Å². The van der Waals surface area contributed by atoms with Gasteiger partial charge in [0.2, 0.25) is 0 Å². The molecule has 2 aromatic rings. The molecule has 2 unspecified atom stereocenters. The summed E-state index contributed by atoms with van der Waals surface area (Å²) in [6, 6.07) is 14.7. The normalized spacial score (nSPS) is 24.2. The SMILES string of the molecule is Nc1cccc(C2CC(Oc3ccc(Cl)c(Cl)c3)CCN2C2CCNCC2)c1. The smallest absolute Gasteiger partial charge is 0.121 e. The van der Waals surface area contributed by atoms with Gasteiger partial charge in [0, 0.05) is 36.8 Å². The van der Waals surface area contributed by atoms with Crippen LogP contribution in [0.15, 0.2) is 42.5 Å². The quantitative estimate of drug-likeness (QED) is 0.690. The first-order valence-electron chi connectivity index (χ1n) is 10.0. The first-order valence-corrected chi connectivity index (χ1v) is 10.8. The predicted octanol–water partition coefficient (Wildman–Crippen LogP) is 4.91. The Morgan fingerprint density at radius 3 is 2.57 bits per heavy atom. The molecule has 4 nitrogen and oxygen atoms in total. The van der Waals surface area contributed by atoms with E-state index in [0.717, 1.165) is 43.9 Å². The van der Waals surface area contributed by atoms with Crippen molar-refractivity contribution in [2.45, 2.75) is 43.9 Å². The number of halogens is 2. The molecular formula is C22H27Cl2N3O. The highest BCUT2D eigenvalue weighted by molar-refractivity contribution is 6.42. The highest BCUT2D eigenvalue weighted by Gasteiger charge is 2.35. The highest BCUT2D eigenvalue weighted by atomic mass is 35.5. The van der Waals surface area contributed by atoms with Crippen molar-refractivity contribution in [2.24, 2.45) is 0 Å². The molecule has 6 heteroatoms. The topological polar surface area (TPSA) is 50.5 Å². The van der Waals surface area contributed by atoms with Gasteiger partial charge in [0.05, 0.1) is 10.0 Å². The third-order valence-electron chi connectivity index (χ3n) is 5.86. The van der Waals surface area contributed by atoms with Gasteiger partial charge in [-0.2, -0.15) is 0 Å². The molecule has 3 N–H and O–H groups in total. The minimum absolute atomic E-state index is 0.140. The maximum atomic E-state index is 6.30. The van der Waals surface area contributed by atoms with Crippen LogP contribution in [0.2, 0.25) is 10.0 Å². The molecule has 0 aromatic heterocycles. The molecule has 0 saturated carbocycles. The van der Waals surface area contributed by atoms with Gasteiger partial charge >= 0.3 is 0 Å². The molecule has 2 saturated heterocycles. The van der Waals surface area contributed by atoms with E-state index in [9.17, 15) is 0 Å². The van der Waals surface area contributed by atoms with Gasteiger partial charge in [0.15, 0.2) is 0 Å². The minimum Gasteiger partial charge on any atom is -0.490 e. The molecule has 2 aromatic carbocycles. The number of likely N-dealkylation sites (tertiary alicyclic amines) is 1. The average molecular weight is 420 g/mol. The number of benzene rings is 2. The van der Waals surface area contributed by atoms with Crippen LogP contribution in [0.25, 0.3) is 0 Å². The lowest BCUT2D eigenvalue weighted by atomic mass is 9.89. The summed E-state index contributed by atoms with van der Waals surface area (Å²) in [6.45, 7) is 3.21. The molecule has 0 aliphatic carbocycles. The summed E-state index contributed by atoms with van der Waals surface area (Å²) < 4.78 is 6.30. The molecule has 0 spiro atoms. The second-order valence-electron chi connectivity index (χ2n) is 7.75. The fraction of sp³-hybridized carbons (Fsp3) is 0.455. The molecule has 0 radical (unpaired) electrons. The van der Waals surface area contributed by atoms with Crippen LogP contribution in [0, 0.1) is 0 Å². The van der Waals surface area contributed by atoms with Crippen molar-refractivity contribution in [1.82, 2.24) is 10.2 Å². The number of rotatable bonds is 4. The van der Waals surface area contributed by atoms with Gasteiger partial charge < -0.3 is 15.8 Å². The summed E-state index contributed by atoms with van der Waals surface area (Å²) in [7, 11) is 0. The Balaban J connectivity index is 1.54. The number of nitrogens with one attached hydrogen (secondary N) is 1. The Morgan fingerprint density at radius 2 is 1.82 bits per heavy atom. The first-order chi connectivity index (χ1) is 13.6. The number of anilines is 1. The zero-order valence-electron chi connectivity index (χ0n) is 15.9. The lowest BCUT2D eigenvalue weighted by Crippen LogP contribution is -2.49. The largest absolute Gasteiger partial charge is 0.490 e. The molecule has 28 heavy (non-hydrogen) atoms. The summed E-state index contributed by atoms with van der Waals surface area (Å²) in [5, 5.41) is 4.55. The molecule has 0 amide bonds. The fourth-order valence-corrected chi connectivity index (χ4v) is 4.76. The number of piperidine rings is 2. The van der Waals surface area contributed by atoms with Crippen molar-refractivity contribution in [1.29, 1.82) is 0 Å². The Kier molecular flexibility index (Phi) is 6.32. The number of ether oxygens (including phenoxy) is 1. The van der Waals surface area contributed by atoms with Gasteiger partial charge in [-0.25, -0.2) is 0 Å². The molecule has 4 rings (SSSR count). The van der Waals surface area contributed by atoms with Gasteiger partial charge in [0.25, 0.3) is 0 Å². The maximum absolute atomic E-state index is 6.30. The van der Waals surface area contributed by atoms with E-state index in [0.29, 0.717) is 22.1 Å². The van der Waals surface area contributed by atoms with E-state index < -0.39 is 0 Å². The predicted molar refractivity (Wildman–Crippen MR) is 116 cm³/mol. The Bertz CT molecular complexity index is 810. The fourth-order valence-electron chi connectivity index (χ4n) is 4.47. The van der Waals surface area contributed by atoms with E-state index >= 15 is 0 Å². The van der Waals surface area contributed by atoms with E-state index in [1.807, 2.05) is 12.1 Å². The molecule has 2 fully saturated rings. The van der Waals surface area contributed by atoms with E-state index in [4.69, 9.17) is 33.7 Å². The van der Waals surface area contributed by atoms with E-state index in [-0.39, 0.29) is 6.10 Å². The van der Waals surface area contributed by atoms with Gasteiger partial charge in [0.1, 0.15) is 11.9 Å². The van der Waals surface area contributed by atoms with Crippen LogP contribution in [0.5, 0.6) is 5.75 Å². The summed E-state index contributed by atoms with van der Waals surface area (Å²) >= 11 is 12.2. The van der Waals surface area contributed by atoms with Crippen LogP contribution in [-0.4, -0.2) is 36.7 Å². The Labute approximate surface area is 176 Å². The van der Waals surface area contributed by atoms with Gasteiger partial charge in [-0.05, 0) is 62.2 Å². The number of nitrogens with zero attached hydrogens (tertiary/aromatic N) is 1. The van der Waals surface area contributed by atoms with E-state index in [1.165, 1.54) is 18.4 Å². The van der Waals surface area contributed by atoms with Crippen molar-refractivity contribution < 1.29 is 4.74 Å². The first kappa shape index (κ1) is 19.8. The van der Waals surface area contributed by atoms with Crippen LogP contribution in [0.4, 0.5) is 5.69 Å². The molecular weight excluding hydrogens is 393 g/mol. The van der Waals surface area contributed by atoms with Crippen LogP contribution in [0.3, 0.4) is 0 Å². The second kappa shape index (κ2) is 8.91. The average Bonchev–Trinajstić information content (AvgIpc) is 2.71. The molecule has 2 aliphatic rings. The number of hydrogen-bond donors (Lipinski definition) is 2. The summed E-state index contributed by atoms with van der Waals surface area (Å²) in [4.78, 5) is 2.67. The van der Waals surface area contributed by atoms with E-state index in [1.54, 1.807) is 12.1 Å². The molecule has 0 bridgehead atoms. The van der Waals surface area contributed by atoms with Crippen molar-refractivity contribution in [3.8, 4) is 5.75 Å². The summed E-state index contributed by atoms with van der Waals surface area (Å²) in [5.74, 6) is 0.779. The van der Waals surface area contributed by atoms with Crippen LogP contribution < -0.4 is 15.8 Å². The van der Waals surface area contributed by atoms with Crippen molar-refractivity contribution >= 4 is 28.9 Å². The minimum atomic E-state index is 0.140. The van der Waals surface area contributed by atoms with Crippen molar-refractivity contribution in [3.63, 3.8) is 0 Å². The Hall–Kier alpha value is -1.46. The summed E-state index contributed by atoms with van der Waals surface area (Å²) in [5.41, 5.74) is 8.19. The van der Waals surface area contributed by atoms with E-state index in [2.05, 4.69) is 28.4 Å². The maximum Gasteiger partial charge on any atom is 0.121 e. The zero-order chi connectivity index (χ0) is 19.5. The molecule has 2 aliphatic heterocycles. The lowest BCUT2D eigenvalue weighted by Gasteiger charge is -2.45. The zero-order valence-corrected chi connectivity index (χ0v) is 17.4. The second-order valence-corrected chi connectivity index (χ2v) is 8.56. The standard InChI is InChI=1S/C22H27Cl2N3O/c23-20-5-4-18(13-21(20)24)28-19-8-11-27(17-6-9-26-10-7-17)22(14-19)15-2-1-3-16(25)12-15/h1-5,12-13,17,19,22,26H,6-11,14,25H2. The third-order valence-corrected chi connectivity index (χ3v) is 6.60. The number of nitrogens with two attached hydrogens (primary N) is 1. The van der Waals surface area contributed by atoms with Gasteiger partial charge in [-0.3, -0.25) is 4.90 Å². The number of nitrogen functional groups attached to an aromatic ring is 1. The van der Waals surface area contributed by atoms with Gasteiger partial charge in [-0.15, -0.1) is 0 Å². The Morgan fingerprint density at radius 1 is 1.00 bits per heavy atom. The molecule has 2 atom stereocenters. The summed E-state index contributed by atoms with van der Waals surface area (Å²) in [6.07, 6.45) is 4.46. The monoisotopic (exact) mass is 419 g/mol. The highest BCUT2D eigenvalue weighted by Crippen LogP contribution is 2.37. The molecule has 150 valence electrons. The van der Waals surface area contributed by atoms with Crippen LogP contribution >= 0.6 is 23.2 Å². The van der Waals surface area contributed by atoms with Crippen molar-refractivity contribution in [2.75, 3.05) is 25.4 Å². The number of hydrogen-bond acceptors (Lipinski definition) is 4. The third kappa shape index (κ3) is 4.57. The van der Waals surface area contributed by atoms with Crippen LogP contribution in [0.1, 0.15) is 37.3 Å². The van der Waals surface area contributed by atoms with Crippen molar-refractivity contribution in [3.05, 3.63) is 58.1 Å². The molecule has 2 heterocycles.